The van der Waals surface area contributed by atoms with Crippen molar-refractivity contribution in [1.29, 1.82) is 0 Å². The maximum absolute atomic E-state index is 12.6. The van der Waals surface area contributed by atoms with E-state index in [1.165, 1.54) is 0 Å². The Hall–Kier alpha value is -2.60. The Bertz CT molecular complexity index is 899. The van der Waals surface area contributed by atoms with Gasteiger partial charge in [0.15, 0.2) is 0 Å². The molecule has 0 saturated carbocycles. The van der Waals surface area contributed by atoms with E-state index in [9.17, 15) is 4.79 Å². The van der Waals surface area contributed by atoms with Crippen LogP contribution in [-0.4, -0.2) is 37.6 Å². The van der Waals surface area contributed by atoms with E-state index in [0.717, 1.165) is 17.1 Å². The Labute approximate surface area is 157 Å². The van der Waals surface area contributed by atoms with Crippen molar-refractivity contribution < 1.29 is 4.79 Å². The van der Waals surface area contributed by atoms with Crippen LogP contribution in [0.3, 0.4) is 0 Å². The van der Waals surface area contributed by atoms with E-state index in [1.54, 1.807) is 24.2 Å². The fourth-order valence-electron chi connectivity index (χ4n) is 2.84. The number of aromatic nitrogens is 4. The molecule has 0 fully saturated rings. The predicted molar refractivity (Wildman–Crippen MR) is 101 cm³/mol. The van der Waals surface area contributed by atoms with Crippen LogP contribution >= 0.6 is 11.6 Å². The Morgan fingerprint density at radius 2 is 2.12 bits per heavy atom. The molecular weight excluding hydrogens is 350 g/mol. The highest BCUT2D eigenvalue weighted by molar-refractivity contribution is 6.31. The lowest BCUT2D eigenvalue weighted by atomic mass is 10.2. The molecule has 136 valence electrons. The molecule has 3 rings (SSSR count). The van der Waals surface area contributed by atoms with E-state index in [1.807, 2.05) is 30.5 Å². The van der Waals surface area contributed by atoms with Gasteiger partial charge in [0.2, 0.25) is 0 Å². The highest BCUT2D eigenvalue weighted by Gasteiger charge is 2.17. The molecule has 0 aliphatic rings. The number of rotatable bonds is 6. The smallest absolute Gasteiger partial charge is 0.274 e. The van der Waals surface area contributed by atoms with Crippen LogP contribution in [0, 0.1) is 0 Å². The number of H-pyrrole nitrogens is 1. The third-order valence-corrected chi connectivity index (χ3v) is 4.54. The first-order valence-electron chi connectivity index (χ1n) is 8.50. The van der Waals surface area contributed by atoms with Crippen molar-refractivity contribution in [3.8, 4) is 0 Å². The Morgan fingerprint density at radius 1 is 1.35 bits per heavy atom. The molecule has 1 N–H and O–H groups in total. The summed E-state index contributed by atoms with van der Waals surface area (Å²) in [5.41, 5.74) is 2.15. The van der Waals surface area contributed by atoms with Crippen LogP contribution in [0.25, 0.3) is 0 Å². The predicted octanol–water partition coefficient (Wildman–Crippen LogP) is 3.70. The first-order valence-corrected chi connectivity index (χ1v) is 8.87. The largest absolute Gasteiger partial charge is 0.336 e. The van der Waals surface area contributed by atoms with E-state index < -0.39 is 0 Å². The van der Waals surface area contributed by atoms with Crippen LogP contribution in [0.2, 0.25) is 5.02 Å². The van der Waals surface area contributed by atoms with E-state index in [-0.39, 0.29) is 5.91 Å². The highest BCUT2D eigenvalue weighted by Crippen LogP contribution is 2.18. The van der Waals surface area contributed by atoms with Gasteiger partial charge in [-0.1, -0.05) is 43.6 Å². The van der Waals surface area contributed by atoms with Crippen LogP contribution < -0.4 is 0 Å². The van der Waals surface area contributed by atoms with E-state index in [0.29, 0.717) is 29.7 Å². The van der Waals surface area contributed by atoms with Gasteiger partial charge in [0.1, 0.15) is 11.5 Å². The number of nitrogens with one attached hydrogen (secondary N) is 1. The third-order valence-electron chi connectivity index (χ3n) is 4.17. The maximum atomic E-state index is 12.6. The number of benzene rings is 1. The van der Waals surface area contributed by atoms with Crippen molar-refractivity contribution in [2.75, 3.05) is 7.05 Å². The van der Waals surface area contributed by atoms with Gasteiger partial charge in [0.25, 0.3) is 5.91 Å². The van der Waals surface area contributed by atoms with E-state index in [4.69, 9.17) is 11.6 Å². The second kappa shape index (κ2) is 7.74. The molecule has 0 spiro atoms. The lowest BCUT2D eigenvalue weighted by Gasteiger charge is -2.16. The average molecular weight is 372 g/mol. The van der Waals surface area contributed by atoms with Crippen molar-refractivity contribution in [3.63, 3.8) is 0 Å². The summed E-state index contributed by atoms with van der Waals surface area (Å²) in [4.78, 5) is 18.6. The summed E-state index contributed by atoms with van der Waals surface area (Å²) in [6, 6.07) is 9.29. The molecule has 1 amide bonds. The minimum absolute atomic E-state index is 0.151. The monoisotopic (exact) mass is 371 g/mol. The summed E-state index contributed by atoms with van der Waals surface area (Å²) in [6.45, 7) is 5.23. The summed E-state index contributed by atoms with van der Waals surface area (Å²) < 4.78 is 2.06. The van der Waals surface area contributed by atoms with Gasteiger partial charge in [-0.2, -0.15) is 5.10 Å². The number of hydrogen-bond acceptors (Lipinski definition) is 3. The zero-order valence-electron chi connectivity index (χ0n) is 15.1. The zero-order valence-corrected chi connectivity index (χ0v) is 15.9. The second-order valence-electron chi connectivity index (χ2n) is 6.60. The summed E-state index contributed by atoms with van der Waals surface area (Å²) in [5.74, 6) is 1.18. The molecule has 1 aromatic carbocycles. The Balaban J connectivity index is 1.69. The maximum Gasteiger partial charge on any atom is 0.274 e. The number of carbonyl (C=O) groups excluding carboxylic acids is 1. The molecule has 0 saturated heterocycles. The number of nitrogens with zero attached hydrogens (tertiary/aromatic N) is 4. The number of carbonyl (C=O) groups is 1. The molecule has 2 aromatic heterocycles. The van der Waals surface area contributed by atoms with Crippen LogP contribution in [0.4, 0.5) is 0 Å². The van der Waals surface area contributed by atoms with Gasteiger partial charge in [0, 0.05) is 36.9 Å². The Kier molecular flexibility index (Phi) is 5.42. The van der Waals surface area contributed by atoms with E-state index in [2.05, 4.69) is 33.6 Å². The standard InChI is InChI=1S/C19H22ClN5O/c1-13(2)18-21-8-9-25(18)12-15-10-17(23-22-15)19(26)24(3)11-14-6-4-5-7-16(14)20/h4-10,13H,11-12H2,1-3H3,(H,22,23). The minimum atomic E-state index is -0.151. The molecule has 0 bridgehead atoms. The first kappa shape index (κ1) is 18.2. The molecule has 2 heterocycles. The molecule has 0 unspecified atom stereocenters. The second-order valence-corrected chi connectivity index (χ2v) is 7.01. The first-order chi connectivity index (χ1) is 12.5. The molecule has 0 aliphatic carbocycles. The van der Waals surface area contributed by atoms with Crippen molar-refractivity contribution >= 4 is 17.5 Å². The zero-order chi connectivity index (χ0) is 18.7. The molecule has 3 aromatic rings. The van der Waals surface area contributed by atoms with Gasteiger partial charge in [-0.15, -0.1) is 0 Å². The fourth-order valence-corrected chi connectivity index (χ4v) is 3.04. The number of amides is 1. The highest BCUT2D eigenvalue weighted by atomic mass is 35.5. The summed E-state index contributed by atoms with van der Waals surface area (Å²) >= 11 is 6.17. The van der Waals surface area contributed by atoms with Gasteiger partial charge < -0.3 is 9.47 Å². The van der Waals surface area contributed by atoms with Crippen LogP contribution in [0.1, 0.15) is 47.3 Å². The number of halogens is 1. The third kappa shape index (κ3) is 3.96. The van der Waals surface area contributed by atoms with Crippen molar-refractivity contribution in [3.05, 3.63) is 70.5 Å². The Morgan fingerprint density at radius 3 is 2.85 bits per heavy atom. The minimum Gasteiger partial charge on any atom is -0.336 e. The summed E-state index contributed by atoms with van der Waals surface area (Å²) in [7, 11) is 1.74. The molecule has 7 heteroatoms. The normalized spacial score (nSPS) is 11.1. The summed E-state index contributed by atoms with van der Waals surface area (Å²) in [6.07, 6.45) is 3.72. The number of hydrogen-bond donors (Lipinski definition) is 1. The van der Waals surface area contributed by atoms with Gasteiger partial charge >= 0.3 is 0 Å². The van der Waals surface area contributed by atoms with Gasteiger partial charge in [-0.25, -0.2) is 4.98 Å². The molecular formula is C19H22ClN5O. The lowest BCUT2D eigenvalue weighted by molar-refractivity contribution is 0.0779. The molecule has 6 nitrogen and oxygen atoms in total. The number of aromatic amines is 1. The van der Waals surface area contributed by atoms with E-state index >= 15 is 0 Å². The van der Waals surface area contributed by atoms with Gasteiger partial charge in [-0.3, -0.25) is 9.89 Å². The fraction of sp³-hybridized carbons (Fsp3) is 0.316. The SMILES string of the molecule is CC(C)c1nccn1Cc1cc(C(=O)N(C)Cc2ccccc2Cl)n[nH]1. The van der Waals surface area contributed by atoms with Crippen molar-refractivity contribution in [2.24, 2.45) is 0 Å². The number of imidazole rings is 1. The van der Waals surface area contributed by atoms with Gasteiger partial charge in [-0.05, 0) is 17.7 Å². The van der Waals surface area contributed by atoms with Crippen molar-refractivity contribution in [2.45, 2.75) is 32.9 Å². The topological polar surface area (TPSA) is 66.8 Å². The lowest BCUT2D eigenvalue weighted by Crippen LogP contribution is -2.26. The average Bonchev–Trinajstić information content (AvgIpc) is 3.26. The molecule has 0 aliphatic heterocycles. The summed E-state index contributed by atoms with van der Waals surface area (Å²) in [5, 5.41) is 7.77. The van der Waals surface area contributed by atoms with Crippen LogP contribution in [-0.2, 0) is 13.1 Å². The quantitative estimate of drug-likeness (QED) is 0.718. The van der Waals surface area contributed by atoms with Crippen molar-refractivity contribution in [1.82, 2.24) is 24.6 Å². The molecule has 0 atom stereocenters. The van der Waals surface area contributed by atoms with Gasteiger partial charge in [0.05, 0.1) is 12.2 Å². The molecule has 0 radical (unpaired) electrons. The van der Waals surface area contributed by atoms with Crippen LogP contribution in [0.15, 0.2) is 42.7 Å². The van der Waals surface area contributed by atoms with Crippen LogP contribution in [0.5, 0.6) is 0 Å². The molecule has 26 heavy (non-hydrogen) atoms.